The van der Waals surface area contributed by atoms with E-state index in [1.807, 2.05) is 31.2 Å². The first-order valence-corrected chi connectivity index (χ1v) is 7.20. The molecule has 5 heteroatoms. The average molecular weight is 280 g/mol. The highest BCUT2D eigenvalue weighted by molar-refractivity contribution is 5.99. The number of carbonyl (C=O) groups is 1. The second kappa shape index (κ2) is 4.28. The first-order chi connectivity index (χ1) is 10.1. The molecular weight excluding hydrogens is 264 g/mol. The number of fused-ring (bicyclic) bond motifs is 2. The summed E-state index contributed by atoms with van der Waals surface area (Å²) in [7, 11) is 0. The molecule has 106 valence electrons. The fourth-order valence-electron chi connectivity index (χ4n) is 3.16. The first kappa shape index (κ1) is 12.3. The number of aromatic nitrogens is 4. The van der Waals surface area contributed by atoms with E-state index in [1.165, 1.54) is 0 Å². The zero-order chi connectivity index (χ0) is 14.6. The number of ketones is 1. The summed E-state index contributed by atoms with van der Waals surface area (Å²) in [4.78, 5) is 20.1. The maximum absolute atomic E-state index is 12.2. The summed E-state index contributed by atoms with van der Waals surface area (Å²) in [5.41, 5.74) is 4.44. The van der Waals surface area contributed by atoms with Gasteiger partial charge in [-0.15, -0.1) is 0 Å². The van der Waals surface area contributed by atoms with Crippen LogP contribution in [0.2, 0.25) is 0 Å². The number of rotatable bonds is 1. The molecule has 0 saturated heterocycles. The number of Topliss-reactive ketones (excluding diaryl/α,β-unsaturated/α-hetero) is 1. The van der Waals surface area contributed by atoms with Gasteiger partial charge in [-0.05, 0) is 31.4 Å². The third kappa shape index (κ3) is 1.81. The summed E-state index contributed by atoms with van der Waals surface area (Å²) in [6.45, 7) is 4.00. The SMILES string of the molecule is Cc1nn(-c2nc3ccccc3[nH]2)c2c1C(=O)CC(C)C2. The number of benzene rings is 1. The highest BCUT2D eigenvalue weighted by Gasteiger charge is 2.29. The zero-order valence-corrected chi connectivity index (χ0v) is 12.1. The highest BCUT2D eigenvalue weighted by Crippen LogP contribution is 2.29. The van der Waals surface area contributed by atoms with Crippen molar-refractivity contribution in [3.8, 4) is 5.95 Å². The minimum Gasteiger partial charge on any atom is -0.322 e. The van der Waals surface area contributed by atoms with Gasteiger partial charge in [-0.2, -0.15) is 5.10 Å². The number of nitrogens with zero attached hydrogens (tertiary/aromatic N) is 3. The molecule has 21 heavy (non-hydrogen) atoms. The van der Waals surface area contributed by atoms with Crippen LogP contribution in [0.1, 0.15) is 35.1 Å². The third-order valence-electron chi connectivity index (χ3n) is 4.09. The van der Waals surface area contributed by atoms with Crippen LogP contribution in [-0.4, -0.2) is 25.5 Å². The number of carbonyl (C=O) groups excluding carboxylic acids is 1. The smallest absolute Gasteiger partial charge is 0.229 e. The fourth-order valence-corrected chi connectivity index (χ4v) is 3.16. The molecule has 1 N–H and O–H groups in total. The Kier molecular flexibility index (Phi) is 2.51. The van der Waals surface area contributed by atoms with Gasteiger partial charge in [-0.1, -0.05) is 19.1 Å². The van der Waals surface area contributed by atoms with Crippen molar-refractivity contribution < 1.29 is 4.79 Å². The van der Waals surface area contributed by atoms with Crippen LogP contribution in [0.15, 0.2) is 24.3 Å². The largest absolute Gasteiger partial charge is 0.322 e. The van der Waals surface area contributed by atoms with Crippen molar-refractivity contribution in [2.24, 2.45) is 5.92 Å². The summed E-state index contributed by atoms with van der Waals surface area (Å²) < 4.78 is 1.80. The summed E-state index contributed by atoms with van der Waals surface area (Å²) in [5.74, 6) is 1.23. The molecule has 0 bridgehead atoms. The van der Waals surface area contributed by atoms with E-state index in [9.17, 15) is 4.79 Å². The van der Waals surface area contributed by atoms with Gasteiger partial charge in [0.05, 0.1) is 28.0 Å². The quantitative estimate of drug-likeness (QED) is 0.745. The minimum absolute atomic E-state index is 0.198. The van der Waals surface area contributed by atoms with Crippen LogP contribution in [0.3, 0.4) is 0 Å². The molecule has 0 fully saturated rings. The maximum atomic E-state index is 12.2. The van der Waals surface area contributed by atoms with Gasteiger partial charge >= 0.3 is 0 Å². The minimum atomic E-state index is 0.198. The number of hydrogen-bond donors (Lipinski definition) is 1. The number of H-pyrrole nitrogens is 1. The van der Waals surface area contributed by atoms with Crippen LogP contribution in [0.25, 0.3) is 17.0 Å². The lowest BCUT2D eigenvalue weighted by molar-refractivity contribution is 0.0952. The van der Waals surface area contributed by atoms with Gasteiger partial charge in [-0.25, -0.2) is 9.67 Å². The molecule has 1 aliphatic rings. The van der Waals surface area contributed by atoms with Crippen LogP contribution in [-0.2, 0) is 6.42 Å². The van der Waals surface area contributed by atoms with E-state index in [4.69, 9.17) is 0 Å². The molecule has 1 unspecified atom stereocenters. The summed E-state index contributed by atoms with van der Waals surface area (Å²) in [6.07, 6.45) is 1.47. The lowest BCUT2D eigenvalue weighted by atomic mass is 9.87. The van der Waals surface area contributed by atoms with E-state index in [-0.39, 0.29) is 5.78 Å². The molecule has 1 atom stereocenters. The molecule has 2 aromatic heterocycles. The van der Waals surface area contributed by atoms with Crippen LogP contribution < -0.4 is 0 Å². The van der Waals surface area contributed by atoms with Gasteiger partial charge in [0.15, 0.2) is 5.78 Å². The number of aryl methyl sites for hydroxylation is 1. The van der Waals surface area contributed by atoms with Gasteiger partial charge < -0.3 is 4.98 Å². The molecule has 0 radical (unpaired) electrons. The van der Waals surface area contributed by atoms with Crippen molar-refractivity contribution in [3.05, 3.63) is 41.2 Å². The third-order valence-corrected chi connectivity index (χ3v) is 4.09. The van der Waals surface area contributed by atoms with E-state index in [0.29, 0.717) is 18.3 Å². The van der Waals surface area contributed by atoms with Gasteiger partial charge in [0, 0.05) is 6.42 Å². The van der Waals surface area contributed by atoms with Crippen molar-refractivity contribution in [1.82, 2.24) is 19.7 Å². The van der Waals surface area contributed by atoms with Gasteiger partial charge in [-0.3, -0.25) is 4.79 Å². The van der Waals surface area contributed by atoms with Gasteiger partial charge in [0.1, 0.15) is 0 Å². The number of para-hydroxylation sites is 2. The van der Waals surface area contributed by atoms with E-state index in [1.54, 1.807) is 4.68 Å². The lowest BCUT2D eigenvalue weighted by Crippen LogP contribution is -2.20. The normalized spacial score (nSPS) is 18.2. The lowest BCUT2D eigenvalue weighted by Gasteiger charge is -2.18. The first-order valence-electron chi connectivity index (χ1n) is 7.20. The van der Waals surface area contributed by atoms with Crippen LogP contribution >= 0.6 is 0 Å². The molecular formula is C16H16N4O. The Morgan fingerprint density at radius 2 is 2.10 bits per heavy atom. The molecule has 0 saturated carbocycles. The van der Waals surface area contributed by atoms with Gasteiger partial charge in [0.2, 0.25) is 5.95 Å². The molecule has 0 amide bonds. The molecule has 4 rings (SSSR count). The predicted octanol–water partition coefficient (Wildman–Crippen LogP) is 2.82. The van der Waals surface area contributed by atoms with E-state index >= 15 is 0 Å². The Labute approximate surface area is 122 Å². The van der Waals surface area contributed by atoms with E-state index in [0.717, 1.165) is 34.4 Å². The number of imidazole rings is 1. The summed E-state index contributed by atoms with van der Waals surface area (Å²) in [6, 6.07) is 7.89. The van der Waals surface area contributed by atoms with E-state index < -0.39 is 0 Å². The molecule has 0 spiro atoms. The Hall–Kier alpha value is -2.43. The second-order valence-corrected chi connectivity index (χ2v) is 5.83. The summed E-state index contributed by atoms with van der Waals surface area (Å²) in [5, 5.41) is 4.54. The Morgan fingerprint density at radius 3 is 2.90 bits per heavy atom. The van der Waals surface area contributed by atoms with Crippen molar-refractivity contribution in [2.75, 3.05) is 0 Å². The Bertz CT molecular complexity index is 825. The van der Waals surface area contributed by atoms with Crippen molar-refractivity contribution in [3.63, 3.8) is 0 Å². The highest BCUT2D eigenvalue weighted by atomic mass is 16.1. The van der Waals surface area contributed by atoms with E-state index in [2.05, 4.69) is 22.0 Å². The zero-order valence-electron chi connectivity index (χ0n) is 12.1. The van der Waals surface area contributed by atoms with Crippen LogP contribution in [0, 0.1) is 12.8 Å². The van der Waals surface area contributed by atoms with Crippen molar-refractivity contribution in [2.45, 2.75) is 26.7 Å². The fraction of sp³-hybridized carbons (Fsp3) is 0.312. The molecule has 5 nitrogen and oxygen atoms in total. The standard InChI is InChI=1S/C16H16N4O/c1-9-7-13-15(14(21)8-9)10(2)19-20(13)16-17-11-5-3-4-6-12(11)18-16/h3-6,9H,7-8H2,1-2H3,(H,17,18). The van der Waals surface area contributed by atoms with Crippen LogP contribution in [0.4, 0.5) is 0 Å². The molecule has 2 heterocycles. The molecule has 3 aromatic rings. The van der Waals surface area contributed by atoms with Crippen molar-refractivity contribution >= 4 is 16.8 Å². The second-order valence-electron chi connectivity index (χ2n) is 5.83. The number of aromatic amines is 1. The average Bonchev–Trinajstić information content (AvgIpc) is 2.99. The van der Waals surface area contributed by atoms with Gasteiger partial charge in [0.25, 0.3) is 0 Å². The Morgan fingerprint density at radius 1 is 1.29 bits per heavy atom. The molecule has 1 aliphatic carbocycles. The molecule has 1 aromatic carbocycles. The molecule has 0 aliphatic heterocycles. The predicted molar refractivity (Wildman–Crippen MR) is 79.8 cm³/mol. The number of hydrogen-bond acceptors (Lipinski definition) is 3. The van der Waals surface area contributed by atoms with Crippen LogP contribution in [0.5, 0.6) is 0 Å². The maximum Gasteiger partial charge on any atom is 0.229 e. The van der Waals surface area contributed by atoms with Crippen molar-refractivity contribution in [1.29, 1.82) is 0 Å². The Balaban J connectivity index is 1.93. The summed E-state index contributed by atoms with van der Waals surface area (Å²) >= 11 is 0. The monoisotopic (exact) mass is 280 g/mol. The topological polar surface area (TPSA) is 63.6 Å². The number of nitrogens with one attached hydrogen (secondary N) is 1.